The third kappa shape index (κ3) is 1.82. The average molecular weight is 230 g/mol. The van der Waals surface area contributed by atoms with Crippen LogP contribution in [0.4, 0.5) is 22.0 Å². The zero-order chi connectivity index (χ0) is 11.1. The van der Waals surface area contributed by atoms with E-state index in [0.29, 0.717) is 6.07 Å². The third-order valence-corrected chi connectivity index (χ3v) is 1.90. The SMILES string of the molecule is [CH2]c1c(Cl)cc(C(F)(F)F)c(F)c1F. The maximum Gasteiger partial charge on any atom is 0.419 e. The van der Waals surface area contributed by atoms with Crippen molar-refractivity contribution in [3.63, 3.8) is 0 Å². The molecule has 0 aliphatic carbocycles. The third-order valence-electron chi connectivity index (χ3n) is 1.56. The number of rotatable bonds is 0. The van der Waals surface area contributed by atoms with Gasteiger partial charge in [0.05, 0.1) is 5.56 Å². The monoisotopic (exact) mass is 229 g/mol. The Kier molecular flexibility index (Phi) is 2.71. The first-order valence-corrected chi connectivity index (χ1v) is 3.69. The molecule has 0 saturated heterocycles. The van der Waals surface area contributed by atoms with Crippen LogP contribution in [0.15, 0.2) is 6.07 Å². The van der Waals surface area contributed by atoms with Crippen molar-refractivity contribution < 1.29 is 22.0 Å². The summed E-state index contributed by atoms with van der Waals surface area (Å²) in [6, 6.07) is 0.308. The standard InChI is InChI=1S/C8H3ClF5/c1-3-5(9)2-4(8(12,13)14)7(11)6(3)10/h2H,1H2. The van der Waals surface area contributed by atoms with Crippen molar-refractivity contribution in [3.05, 3.63) is 40.8 Å². The lowest BCUT2D eigenvalue weighted by Gasteiger charge is -2.10. The molecule has 0 fully saturated rings. The largest absolute Gasteiger partial charge is 0.419 e. The number of hydrogen-bond acceptors (Lipinski definition) is 0. The molecule has 0 aromatic heterocycles. The molecule has 0 spiro atoms. The van der Waals surface area contributed by atoms with Crippen LogP contribution in [0.2, 0.25) is 5.02 Å². The van der Waals surface area contributed by atoms with Gasteiger partial charge in [-0.25, -0.2) is 8.78 Å². The van der Waals surface area contributed by atoms with Gasteiger partial charge in [-0.15, -0.1) is 0 Å². The maximum atomic E-state index is 12.8. The van der Waals surface area contributed by atoms with Gasteiger partial charge in [-0.05, 0) is 13.0 Å². The molecule has 14 heavy (non-hydrogen) atoms. The van der Waals surface area contributed by atoms with Crippen LogP contribution < -0.4 is 0 Å². The first kappa shape index (κ1) is 11.2. The highest BCUT2D eigenvalue weighted by atomic mass is 35.5. The Hall–Kier alpha value is -0.840. The Bertz CT molecular complexity index is 369. The molecule has 0 aliphatic heterocycles. The Morgan fingerprint density at radius 1 is 1.14 bits per heavy atom. The highest BCUT2D eigenvalue weighted by Crippen LogP contribution is 2.35. The van der Waals surface area contributed by atoms with Crippen LogP contribution in [-0.2, 0) is 6.18 Å². The Morgan fingerprint density at radius 3 is 2.07 bits per heavy atom. The fourth-order valence-corrected chi connectivity index (χ4v) is 1.03. The summed E-state index contributed by atoms with van der Waals surface area (Å²) in [5.74, 6) is -3.66. The fraction of sp³-hybridized carbons (Fsp3) is 0.125. The van der Waals surface area contributed by atoms with E-state index in [2.05, 4.69) is 6.92 Å². The molecule has 0 saturated carbocycles. The minimum absolute atomic E-state index is 0.308. The van der Waals surface area contributed by atoms with Crippen molar-refractivity contribution in [3.8, 4) is 0 Å². The van der Waals surface area contributed by atoms with E-state index in [1.165, 1.54) is 0 Å². The molecular weight excluding hydrogens is 227 g/mol. The number of halogens is 6. The topological polar surface area (TPSA) is 0 Å². The normalized spacial score (nSPS) is 11.9. The van der Waals surface area contributed by atoms with Crippen molar-refractivity contribution >= 4 is 11.6 Å². The van der Waals surface area contributed by atoms with E-state index >= 15 is 0 Å². The van der Waals surface area contributed by atoms with E-state index in [9.17, 15) is 22.0 Å². The van der Waals surface area contributed by atoms with Gasteiger partial charge < -0.3 is 0 Å². The molecule has 0 bridgehead atoms. The molecule has 0 atom stereocenters. The Labute approximate surface area is 81.3 Å². The van der Waals surface area contributed by atoms with Crippen molar-refractivity contribution in [2.75, 3.05) is 0 Å². The summed E-state index contributed by atoms with van der Waals surface area (Å²) in [5, 5.41) is -0.559. The fourth-order valence-electron chi connectivity index (χ4n) is 0.839. The van der Waals surface area contributed by atoms with Crippen molar-refractivity contribution in [2.45, 2.75) is 6.18 Å². The smallest absolute Gasteiger partial charge is 0.203 e. The minimum atomic E-state index is -4.97. The summed E-state index contributed by atoms with van der Waals surface area (Å²) in [7, 11) is 0. The van der Waals surface area contributed by atoms with E-state index in [-0.39, 0.29) is 0 Å². The summed E-state index contributed by atoms with van der Waals surface area (Å²) < 4.78 is 61.7. The Morgan fingerprint density at radius 2 is 1.64 bits per heavy atom. The van der Waals surface area contributed by atoms with Crippen molar-refractivity contribution in [1.82, 2.24) is 0 Å². The second-order valence-corrected chi connectivity index (χ2v) is 2.92. The average Bonchev–Trinajstić information content (AvgIpc) is 2.06. The summed E-state index contributed by atoms with van der Waals surface area (Å²) >= 11 is 5.23. The summed E-state index contributed by atoms with van der Waals surface area (Å²) in [6.45, 7) is 2.99. The van der Waals surface area contributed by atoms with Gasteiger partial charge in [-0.1, -0.05) is 11.6 Å². The molecule has 1 aromatic carbocycles. The van der Waals surface area contributed by atoms with E-state index in [1.54, 1.807) is 0 Å². The van der Waals surface area contributed by atoms with Crippen LogP contribution in [0.25, 0.3) is 0 Å². The molecule has 1 rings (SSSR count). The number of hydrogen-bond donors (Lipinski definition) is 0. The molecule has 1 aromatic rings. The van der Waals surface area contributed by atoms with Crippen LogP contribution in [0, 0.1) is 18.6 Å². The number of alkyl halides is 3. The molecule has 77 valence electrons. The molecular formula is C8H3ClF5. The zero-order valence-corrected chi connectivity index (χ0v) is 7.31. The van der Waals surface area contributed by atoms with E-state index < -0.39 is 34.0 Å². The van der Waals surface area contributed by atoms with Gasteiger partial charge in [0.2, 0.25) is 0 Å². The molecule has 1 radical (unpaired) electrons. The summed E-state index contributed by atoms with van der Waals surface area (Å²) in [6.07, 6.45) is -4.97. The molecule has 6 heteroatoms. The highest BCUT2D eigenvalue weighted by molar-refractivity contribution is 6.31. The van der Waals surface area contributed by atoms with Crippen LogP contribution in [0.5, 0.6) is 0 Å². The van der Waals surface area contributed by atoms with E-state index in [0.717, 1.165) is 0 Å². The molecule has 0 amide bonds. The lowest BCUT2D eigenvalue weighted by atomic mass is 10.1. The van der Waals surface area contributed by atoms with Crippen LogP contribution in [-0.4, -0.2) is 0 Å². The van der Waals surface area contributed by atoms with Crippen LogP contribution >= 0.6 is 11.6 Å². The van der Waals surface area contributed by atoms with Crippen molar-refractivity contribution in [2.24, 2.45) is 0 Å². The van der Waals surface area contributed by atoms with Gasteiger partial charge in [0, 0.05) is 10.6 Å². The number of benzene rings is 1. The van der Waals surface area contributed by atoms with Crippen LogP contribution in [0.3, 0.4) is 0 Å². The first-order valence-electron chi connectivity index (χ1n) is 3.31. The molecule has 0 nitrogen and oxygen atoms in total. The quantitative estimate of drug-likeness (QED) is 0.469. The lowest BCUT2D eigenvalue weighted by molar-refractivity contribution is -0.140. The maximum absolute atomic E-state index is 12.8. The summed E-state index contributed by atoms with van der Waals surface area (Å²) in [5.41, 5.74) is -2.32. The lowest BCUT2D eigenvalue weighted by Crippen LogP contribution is -2.10. The van der Waals surface area contributed by atoms with Gasteiger partial charge in [0.25, 0.3) is 0 Å². The van der Waals surface area contributed by atoms with Gasteiger partial charge in [-0.3, -0.25) is 0 Å². The van der Waals surface area contributed by atoms with Gasteiger partial charge in [0.15, 0.2) is 11.6 Å². The van der Waals surface area contributed by atoms with Gasteiger partial charge in [0.1, 0.15) is 0 Å². The van der Waals surface area contributed by atoms with E-state index in [4.69, 9.17) is 11.6 Å². The molecule has 0 heterocycles. The van der Waals surface area contributed by atoms with Crippen LogP contribution in [0.1, 0.15) is 11.1 Å². The minimum Gasteiger partial charge on any atom is -0.203 e. The second kappa shape index (κ2) is 3.38. The summed E-state index contributed by atoms with van der Waals surface area (Å²) in [4.78, 5) is 0. The predicted molar refractivity (Wildman–Crippen MR) is 40.8 cm³/mol. The molecule has 0 aliphatic rings. The second-order valence-electron chi connectivity index (χ2n) is 2.51. The first-order chi connectivity index (χ1) is 6.25. The molecule has 0 unspecified atom stereocenters. The zero-order valence-electron chi connectivity index (χ0n) is 6.55. The van der Waals surface area contributed by atoms with Gasteiger partial charge >= 0.3 is 6.18 Å². The van der Waals surface area contributed by atoms with Gasteiger partial charge in [-0.2, -0.15) is 13.2 Å². The predicted octanol–water partition coefficient (Wildman–Crippen LogP) is 3.82. The highest BCUT2D eigenvalue weighted by Gasteiger charge is 2.36. The van der Waals surface area contributed by atoms with Crippen molar-refractivity contribution in [1.29, 1.82) is 0 Å². The Balaban J connectivity index is 3.49. The molecule has 0 N–H and O–H groups in total. The van der Waals surface area contributed by atoms with E-state index in [1.807, 2.05) is 0 Å².